The van der Waals surface area contributed by atoms with E-state index in [2.05, 4.69) is 27.5 Å². The minimum Gasteiger partial charge on any atom is -0.346 e. The summed E-state index contributed by atoms with van der Waals surface area (Å²) in [4.78, 5) is 20.2. The minimum atomic E-state index is -0.0390. The number of imidazole rings is 1. The Labute approximate surface area is 137 Å². The Bertz CT molecular complexity index is 612. The number of aromatic amines is 1. The Morgan fingerprint density at radius 3 is 2.87 bits per heavy atom. The van der Waals surface area contributed by atoms with Gasteiger partial charge in [-0.15, -0.1) is 0 Å². The van der Waals surface area contributed by atoms with Crippen molar-refractivity contribution >= 4 is 16.9 Å². The lowest BCUT2D eigenvalue weighted by Gasteiger charge is -2.22. The number of hydrogen-bond acceptors (Lipinski definition) is 3. The van der Waals surface area contributed by atoms with E-state index in [1.807, 2.05) is 24.3 Å². The molecule has 5 nitrogen and oxygen atoms in total. The number of piperidine rings is 1. The molecule has 124 valence electrons. The first-order valence-electron chi connectivity index (χ1n) is 8.71. The highest BCUT2D eigenvalue weighted by atomic mass is 16.1. The van der Waals surface area contributed by atoms with Crippen LogP contribution in [0.5, 0.6) is 0 Å². The maximum absolute atomic E-state index is 12.3. The highest BCUT2D eigenvalue weighted by Crippen LogP contribution is 2.20. The van der Waals surface area contributed by atoms with Gasteiger partial charge in [0, 0.05) is 6.42 Å². The standard InChI is InChI=1S/C18H26N4O/c1-2-14(18-21-15-5-3-4-6-16(15)22-18)20-17(23)8-7-13-9-11-19-12-10-13/h3-6,13-14,19H,2,7-12H2,1H3,(H,20,23)(H,21,22). The van der Waals surface area contributed by atoms with Gasteiger partial charge in [-0.25, -0.2) is 4.98 Å². The number of aromatic nitrogens is 2. The first-order valence-corrected chi connectivity index (χ1v) is 8.71. The Kier molecular flexibility index (Phi) is 5.28. The fourth-order valence-electron chi connectivity index (χ4n) is 3.27. The number of nitrogens with zero attached hydrogens (tertiary/aromatic N) is 1. The van der Waals surface area contributed by atoms with Gasteiger partial charge in [0.1, 0.15) is 5.82 Å². The molecule has 1 aliphatic rings. The van der Waals surface area contributed by atoms with Crippen molar-refractivity contribution in [1.82, 2.24) is 20.6 Å². The summed E-state index contributed by atoms with van der Waals surface area (Å²) in [6.07, 6.45) is 4.81. The van der Waals surface area contributed by atoms with Crippen molar-refractivity contribution in [2.75, 3.05) is 13.1 Å². The summed E-state index contributed by atoms with van der Waals surface area (Å²) in [6, 6.07) is 7.93. The fourth-order valence-corrected chi connectivity index (χ4v) is 3.27. The normalized spacial score (nSPS) is 17.3. The van der Waals surface area contributed by atoms with E-state index in [1.54, 1.807) is 0 Å². The summed E-state index contributed by atoms with van der Waals surface area (Å²) >= 11 is 0. The molecule has 0 spiro atoms. The highest BCUT2D eigenvalue weighted by Gasteiger charge is 2.18. The number of amides is 1. The van der Waals surface area contributed by atoms with Crippen LogP contribution in [0.15, 0.2) is 24.3 Å². The average Bonchev–Trinajstić information content (AvgIpc) is 3.02. The quantitative estimate of drug-likeness (QED) is 0.768. The van der Waals surface area contributed by atoms with Gasteiger partial charge in [0.25, 0.3) is 0 Å². The highest BCUT2D eigenvalue weighted by molar-refractivity contribution is 5.77. The smallest absolute Gasteiger partial charge is 0.220 e. The third kappa shape index (κ3) is 4.10. The zero-order valence-electron chi connectivity index (χ0n) is 13.8. The van der Waals surface area contributed by atoms with Crippen LogP contribution in [0.2, 0.25) is 0 Å². The second-order valence-electron chi connectivity index (χ2n) is 6.40. The molecule has 0 radical (unpaired) electrons. The molecule has 0 aliphatic carbocycles. The van der Waals surface area contributed by atoms with Gasteiger partial charge < -0.3 is 15.6 Å². The lowest BCUT2D eigenvalue weighted by molar-refractivity contribution is -0.122. The zero-order chi connectivity index (χ0) is 16.1. The Balaban J connectivity index is 1.56. The molecule has 3 rings (SSSR count). The van der Waals surface area contributed by atoms with Crippen molar-refractivity contribution in [3.63, 3.8) is 0 Å². The van der Waals surface area contributed by atoms with Gasteiger partial charge in [-0.2, -0.15) is 0 Å². The number of hydrogen-bond donors (Lipinski definition) is 3. The van der Waals surface area contributed by atoms with E-state index < -0.39 is 0 Å². The van der Waals surface area contributed by atoms with E-state index in [4.69, 9.17) is 0 Å². The molecule has 1 aromatic heterocycles. The maximum atomic E-state index is 12.3. The summed E-state index contributed by atoms with van der Waals surface area (Å²) in [6.45, 7) is 4.25. The van der Waals surface area contributed by atoms with Crippen LogP contribution < -0.4 is 10.6 Å². The van der Waals surface area contributed by atoms with Gasteiger partial charge in [-0.3, -0.25) is 4.79 Å². The molecular weight excluding hydrogens is 288 g/mol. The van der Waals surface area contributed by atoms with Crippen LogP contribution in [-0.4, -0.2) is 29.0 Å². The molecule has 1 aliphatic heterocycles. The summed E-state index contributed by atoms with van der Waals surface area (Å²) in [7, 11) is 0. The number of benzene rings is 1. The van der Waals surface area contributed by atoms with Gasteiger partial charge in [-0.1, -0.05) is 19.1 Å². The van der Waals surface area contributed by atoms with Crippen molar-refractivity contribution in [2.45, 2.75) is 45.1 Å². The predicted octanol–water partition coefficient (Wildman–Crippen LogP) is 2.91. The minimum absolute atomic E-state index is 0.0390. The van der Waals surface area contributed by atoms with Crippen molar-refractivity contribution in [3.05, 3.63) is 30.1 Å². The van der Waals surface area contributed by atoms with Crippen LogP contribution >= 0.6 is 0 Å². The molecular formula is C18H26N4O. The molecule has 1 atom stereocenters. The molecule has 1 fully saturated rings. The van der Waals surface area contributed by atoms with Gasteiger partial charge in [0.2, 0.25) is 5.91 Å². The van der Waals surface area contributed by atoms with E-state index in [9.17, 15) is 4.79 Å². The number of rotatable bonds is 6. The van der Waals surface area contributed by atoms with Gasteiger partial charge in [0.05, 0.1) is 17.1 Å². The molecule has 5 heteroatoms. The monoisotopic (exact) mass is 314 g/mol. The SMILES string of the molecule is CCC(NC(=O)CCC1CCNCC1)c1nc2ccccc2[nH]1. The fraction of sp³-hybridized carbons (Fsp3) is 0.556. The second kappa shape index (κ2) is 7.59. The van der Waals surface area contributed by atoms with Crippen molar-refractivity contribution in [2.24, 2.45) is 5.92 Å². The Hall–Kier alpha value is -1.88. The predicted molar refractivity (Wildman–Crippen MR) is 92.1 cm³/mol. The molecule has 23 heavy (non-hydrogen) atoms. The number of para-hydroxylation sites is 2. The Morgan fingerprint density at radius 2 is 2.13 bits per heavy atom. The van der Waals surface area contributed by atoms with E-state index >= 15 is 0 Å². The average molecular weight is 314 g/mol. The third-order valence-corrected chi connectivity index (χ3v) is 4.72. The van der Waals surface area contributed by atoms with Crippen LogP contribution in [0.3, 0.4) is 0 Å². The molecule has 1 saturated heterocycles. The van der Waals surface area contributed by atoms with Crippen LogP contribution in [0, 0.1) is 5.92 Å². The van der Waals surface area contributed by atoms with Crippen LogP contribution in [0.1, 0.15) is 50.9 Å². The molecule has 3 N–H and O–H groups in total. The zero-order valence-corrected chi connectivity index (χ0v) is 13.8. The number of H-pyrrole nitrogens is 1. The topological polar surface area (TPSA) is 69.8 Å². The van der Waals surface area contributed by atoms with Crippen molar-refractivity contribution < 1.29 is 4.79 Å². The Morgan fingerprint density at radius 1 is 1.35 bits per heavy atom. The molecule has 1 aromatic carbocycles. The number of nitrogens with one attached hydrogen (secondary N) is 3. The van der Waals surface area contributed by atoms with E-state index in [0.717, 1.165) is 42.8 Å². The summed E-state index contributed by atoms with van der Waals surface area (Å²) in [5, 5.41) is 6.50. The number of carbonyl (C=O) groups is 1. The molecule has 0 saturated carbocycles. The maximum Gasteiger partial charge on any atom is 0.220 e. The van der Waals surface area contributed by atoms with E-state index in [1.165, 1.54) is 12.8 Å². The van der Waals surface area contributed by atoms with E-state index in [0.29, 0.717) is 12.3 Å². The molecule has 1 amide bonds. The molecule has 0 bridgehead atoms. The summed E-state index contributed by atoms with van der Waals surface area (Å²) in [5.74, 6) is 1.67. The summed E-state index contributed by atoms with van der Waals surface area (Å²) in [5.41, 5.74) is 1.97. The van der Waals surface area contributed by atoms with Gasteiger partial charge in [-0.05, 0) is 56.8 Å². The lowest BCUT2D eigenvalue weighted by atomic mass is 9.93. The van der Waals surface area contributed by atoms with Crippen LogP contribution in [-0.2, 0) is 4.79 Å². The molecule has 2 heterocycles. The largest absolute Gasteiger partial charge is 0.346 e. The van der Waals surface area contributed by atoms with Crippen LogP contribution in [0.25, 0.3) is 11.0 Å². The molecule has 2 aromatic rings. The van der Waals surface area contributed by atoms with E-state index in [-0.39, 0.29) is 11.9 Å². The lowest BCUT2D eigenvalue weighted by Crippen LogP contribution is -2.31. The first-order chi connectivity index (χ1) is 11.3. The van der Waals surface area contributed by atoms with Gasteiger partial charge in [0.15, 0.2) is 0 Å². The van der Waals surface area contributed by atoms with Gasteiger partial charge >= 0.3 is 0 Å². The van der Waals surface area contributed by atoms with Crippen LogP contribution in [0.4, 0.5) is 0 Å². The number of fused-ring (bicyclic) bond motifs is 1. The second-order valence-corrected chi connectivity index (χ2v) is 6.40. The summed E-state index contributed by atoms with van der Waals surface area (Å²) < 4.78 is 0. The number of carbonyl (C=O) groups excluding carboxylic acids is 1. The van der Waals surface area contributed by atoms with Crippen molar-refractivity contribution in [1.29, 1.82) is 0 Å². The third-order valence-electron chi connectivity index (χ3n) is 4.72. The first kappa shape index (κ1) is 16.0. The van der Waals surface area contributed by atoms with Crippen molar-refractivity contribution in [3.8, 4) is 0 Å². The molecule has 1 unspecified atom stereocenters.